The lowest BCUT2D eigenvalue weighted by Gasteiger charge is -2.09. The van der Waals surface area contributed by atoms with Gasteiger partial charge in [-0.05, 0) is 7.05 Å². The Morgan fingerprint density at radius 1 is 1.80 bits per heavy atom. The minimum atomic E-state index is -0.312. The number of methoxy groups -OCH3 is 1. The Bertz CT molecular complexity index is 101. The number of carbonyl (C=O) groups is 1. The molecule has 0 aromatic carbocycles. The lowest BCUT2D eigenvalue weighted by molar-refractivity contribution is -0.141. The molecule has 0 bridgehead atoms. The van der Waals surface area contributed by atoms with Crippen LogP contribution in [0.25, 0.3) is 0 Å². The monoisotopic (exact) mass is 147 g/mol. The predicted molar refractivity (Wildman–Crippen MR) is 36.6 cm³/mol. The lowest BCUT2D eigenvalue weighted by Crippen LogP contribution is -2.31. The van der Waals surface area contributed by atoms with E-state index in [9.17, 15) is 4.79 Å². The maximum absolute atomic E-state index is 10.6. The van der Waals surface area contributed by atoms with E-state index in [2.05, 4.69) is 10.1 Å². The van der Waals surface area contributed by atoms with Gasteiger partial charge < -0.3 is 15.2 Å². The molecule has 4 heteroatoms. The minimum Gasteiger partial charge on any atom is -0.469 e. The Morgan fingerprint density at radius 2 is 2.40 bits per heavy atom. The van der Waals surface area contributed by atoms with E-state index in [-0.39, 0.29) is 25.0 Å². The Morgan fingerprint density at radius 3 is 2.70 bits per heavy atom. The summed E-state index contributed by atoms with van der Waals surface area (Å²) in [6.45, 7) is -0.0500. The van der Waals surface area contributed by atoms with Crippen molar-refractivity contribution in [2.24, 2.45) is 0 Å². The molecule has 0 fully saturated rings. The molecule has 0 aromatic heterocycles. The van der Waals surface area contributed by atoms with Crippen LogP contribution in [0.15, 0.2) is 0 Å². The van der Waals surface area contributed by atoms with Crippen molar-refractivity contribution < 1.29 is 14.6 Å². The van der Waals surface area contributed by atoms with E-state index in [1.807, 2.05) is 0 Å². The summed E-state index contributed by atoms with van der Waals surface area (Å²) in [6, 6.07) is -0.188. The van der Waals surface area contributed by atoms with E-state index in [4.69, 9.17) is 5.11 Å². The summed E-state index contributed by atoms with van der Waals surface area (Å²) in [5.74, 6) is -0.312. The molecule has 0 saturated carbocycles. The van der Waals surface area contributed by atoms with Crippen LogP contribution >= 0.6 is 0 Å². The SMILES string of the molecule is CN[C@H](CO)CC(=O)OC. The summed E-state index contributed by atoms with van der Waals surface area (Å²) in [5, 5.41) is 11.4. The molecule has 0 aliphatic carbocycles. The van der Waals surface area contributed by atoms with Crippen LogP contribution in [0.1, 0.15) is 6.42 Å². The van der Waals surface area contributed by atoms with Crippen molar-refractivity contribution in [2.75, 3.05) is 20.8 Å². The first-order chi connectivity index (χ1) is 4.74. The standard InChI is InChI=1S/C6H13NO3/c1-7-5(4-8)3-6(9)10-2/h5,7-8H,3-4H2,1-2H3/t5-/m0/s1. The third-order valence-corrected chi connectivity index (χ3v) is 1.27. The average molecular weight is 147 g/mol. The number of ether oxygens (including phenoxy) is 1. The van der Waals surface area contributed by atoms with Gasteiger partial charge in [-0.2, -0.15) is 0 Å². The zero-order valence-corrected chi connectivity index (χ0v) is 6.26. The number of rotatable bonds is 4. The zero-order chi connectivity index (χ0) is 7.98. The smallest absolute Gasteiger partial charge is 0.307 e. The van der Waals surface area contributed by atoms with Gasteiger partial charge in [0.1, 0.15) is 0 Å². The Labute approximate surface area is 60.2 Å². The number of aliphatic hydroxyl groups is 1. The van der Waals surface area contributed by atoms with Gasteiger partial charge in [-0.25, -0.2) is 0 Å². The van der Waals surface area contributed by atoms with Crippen LogP contribution in [0.5, 0.6) is 0 Å². The molecule has 2 N–H and O–H groups in total. The van der Waals surface area contributed by atoms with Gasteiger partial charge in [-0.3, -0.25) is 4.79 Å². The van der Waals surface area contributed by atoms with Crippen LogP contribution in [-0.4, -0.2) is 37.9 Å². The number of hydrogen-bond donors (Lipinski definition) is 2. The third kappa shape index (κ3) is 3.42. The van der Waals surface area contributed by atoms with Crippen molar-refractivity contribution in [2.45, 2.75) is 12.5 Å². The largest absolute Gasteiger partial charge is 0.469 e. The number of carbonyl (C=O) groups excluding carboxylic acids is 1. The van der Waals surface area contributed by atoms with Crippen LogP contribution in [0.2, 0.25) is 0 Å². The molecule has 0 spiro atoms. The molecule has 0 aliphatic heterocycles. The highest BCUT2D eigenvalue weighted by Gasteiger charge is 2.09. The molecule has 4 nitrogen and oxygen atoms in total. The molecular formula is C6H13NO3. The van der Waals surface area contributed by atoms with Gasteiger partial charge in [0.05, 0.1) is 20.1 Å². The van der Waals surface area contributed by atoms with Gasteiger partial charge in [-0.15, -0.1) is 0 Å². The fourth-order valence-corrected chi connectivity index (χ4v) is 0.542. The zero-order valence-electron chi connectivity index (χ0n) is 6.26. The topological polar surface area (TPSA) is 58.6 Å². The molecule has 0 heterocycles. The maximum atomic E-state index is 10.6. The van der Waals surface area contributed by atoms with Gasteiger partial charge in [0.25, 0.3) is 0 Å². The molecule has 0 aromatic rings. The molecule has 1 atom stereocenters. The number of aliphatic hydroxyl groups excluding tert-OH is 1. The van der Waals surface area contributed by atoms with Crippen molar-refractivity contribution in [1.29, 1.82) is 0 Å². The molecule has 0 radical (unpaired) electrons. The van der Waals surface area contributed by atoms with E-state index >= 15 is 0 Å². The average Bonchev–Trinajstić information content (AvgIpc) is 1.99. The second kappa shape index (κ2) is 5.20. The van der Waals surface area contributed by atoms with Crippen molar-refractivity contribution in [1.82, 2.24) is 5.32 Å². The number of esters is 1. The van der Waals surface area contributed by atoms with Gasteiger partial charge in [0, 0.05) is 6.04 Å². The second-order valence-corrected chi connectivity index (χ2v) is 1.95. The van der Waals surface area contributed by atoms with Gasteiger partial charge >= 0.3 is 5.97 Å². The van der Waals surface area contributed by atoms with Crippen molar-refractivity contribution >= 4 is 5.97 Å². The van der Waals surface area contributed by atoms with Crippen LogP contribution < -0.4 is 5.32 Å². The number of likely N-dealkylation sites (N-methyl/N-ethyl adjacent to an activating group) is 1. The molecule has 60 valence electrons. The van der Waals surface area contributed by atoms with Crippen LogP contribution in [-0.2, 0) is 9.53 Å². The first kappa shape index (κ1) is 9.39. The molecule has 0 unspecified atom stereocenters. The number of nitrogens with one attached hydrogen (secondary N) is 1. The quantitative estimate of drug-likeness (QED) is 0.507. The van der Waals surface area contributed by atoms with Crippen LogP contribution in [0.4, 0.5) is 0 Å². The lowest BCUT2D eigenvalue weighted by atomic mass is 10.2. The van der Waals surface area contributed by atoms with E-state index < -0.39 is 0 Å². The first-order valence-electron chi connectivity index (χ1n) is 3.09. The van der Waals surface area contributed by atoms with Gasteiger partial charge in [-0.1, -0.05) is 0 Å². The molecular weight excluding hydrogens is 134 g/mol. The van der Waals surface area contributed by atoms with E-state index in [1.54, 1.807) is 7.05 Å². The summed E-state index contributed by atoms with van der Waals surface area (Å²) in [6.07, 6.45) is 0.212. The fourth-order valence-electron chi connectivity index (χ4n) is 0.542. The summed E-state index contributed by atoms with van der Waals surface area (Å²) in [5.41, 5.74) is 0. The highest BCUT2D eigenvalue weighted by molar-refractivity contribution is 5.69. The predicted octanol–water partition coefficient (Wildman–Crippen LogP) is -0.870. The first-order valence-corrected chi connectivity index (χ1v) is 3.09. The normalized spacial score (nSPS) is 12.7. The second-order valence-electron chi connectivity index (χ2n) is 1.95. The Hall–Kier alpha value is -0.610. The highest BCUT2D eigenvalue weighted by Crippen LogP contribution is 1.91. The van der Waals surface area contributed by atoms with Gasteiger partial charge in [0.15, 0.2) is 0 Å². The Balaban J connectivity index is 3.52. The highest BCUT2D eigenvalue weighted by atomic mass is 16.5. The fraction of sp³-hybridized carbons (Fsp3) is 0.833. The summed E-state index contributed by atoms with van der Waals surface area (Å²) in [7, 11) is 3.01. The van der Waals surface area contributed by atoms with E-state index in [0.717, 1.165) is 0 Å². The third-order valence-electron chi connectivity index (χ3n) is 1.27. The van der Waals surface area contributed by atoms with Crippen molar-refractivity contribution in [3.63, 3.8) is 0 Å². The molecule has 10 heavy (non-hydrogen) atoms. The van der Waals surface area contributed by atoms with E-state index in [1.165, 1.54) is 7.11 Å². The molecule has 0 amide bonds. The molecule has 0 aliphatic rings. The number of hydrogen-bond acceptors (Lipinski definition) is 4. The van der Waals surface area contributed by atoms with Crippen LogP contribution in [0.3, 0.4) is 0 Å². The molecule has 0 rings (SSSR count). The minimum absolute atomic E-state index is 0.0500. The van der Waals surface area contributed by atoms with Crippen molar-refractivity contribution in [3.8, 4) is 0 Å². The summed E-state index contributed by atoms with van der Waals surface area (Å²) in [4.78, 5) is 10.6. The van der Waals surface area contributed by atoms with Crippen molar-refractivity contribution in [3.05, 3.63) is 0 Å². The molecule has 0 saturated heterocycles. The Kier molecular flexibility index (Phi) is 4.88. The summed E-state index contributed by atoms with van der Waals surface area (Å²) >= 11 is 0. The van der Waals surface area contributed by atoms with Gasteiger partial charge in [0.2, 0.25) is 0 Å². The van der Waals surface area contributed by atoms with E-state index in [0.29, 0.717) is 0 Å². The summed E-state index contributed by atoms with van der Waals surface area (Å²) < 4.78 is 4.39. The maximum Gasteiger partial charge on any atom is 0.307 e. The van der Waals surface area contributed by atoms with Crippen LogP contribution in [0, 0.1) is 0 Å².